The molecule has 66 valence electrons. The molecule has 1 aromatic heterocycles. The summed E-state index contributed by atoms with van der Waals surface area (Å²) in [5.74, 6) is 1.15. The summed E-state index contributed by atoms with van der Waals surface area (Å²) in [6.45, 7) is 1.89. The fourth-order valence-corrected chi connectivity index (χ4v) is 1.13. The van der Waals surface area contributed by atoms with E-state index < -0.39 is 0 Å². The first kappa shape index (κ1) is 9.32. The fraction of sp³-hybridized carbons (Fsp3) is 0.375. The van der Waals surface area contributed by atoms with Crippen molar-refractivity contribution in [3.05, 3.63) is 16.2 Å². The summed E-state index contributed by atoms with van der Waals surface area (Å²) in [4.78, 5) is 4.17. The third-order valence-electron chi connectivity index (χ3n) is 1.50. The Morgan fingerprint density at radius 1 is 1.33 bits per heavy atom. The Labute approximate surface area is 79.8 Å². The van der Waals surface area contributed by atoms with Crippen molar-refractivity contribution in [1.29, 1.82) is 0 Å². The molecule has 1 rings (SSSR count). The van der Waals surface area contributed by atoms with Gasteiger partial charge in [0.15, 0.2) is 5.75 Å². The van der Waals surface area contributed by atoms with Crippen LogP contribution in [0.1, 0.15) is 5.69 Å². The van der Waals surface area contributed by atoms with E-state index in [1.54, 1.807) is 14.2 Å². The van der Waals surface area contributed by atoms with Gasteiger partial charge >= 0.3 is 0 Å². The van der Waals surface area contributed by atoms with E-state index in [1.807, 2.05) is 13.0 Å². The van der Waals surface area contributed by atoms with Crippen LogP contribution in [0.25, 0.3) is 0 Å². The molecular formula is C8H10BrNO2. The molecule has 3 nitrogen and oxygen atoms in total. The number of hydrogen-bond acceptors (Lipinski definition) is 3. The van der Waals surface area contributed by atoms with Crippen molar-refractivity contribution in [1.82, 2.24) is 4.98 Å². The second-order valence-corrected chi connectivity index (χ2v) is 3.12. The lowest BCUT2D eigenvalue weighted by atomic mass is 10.3. The minimum absolute atomic E-state index is 0.512. The molecule has 0 spiro atoms. The van der Waals surface area contributed by atoms with Crippen LogP contribution in [0.3, 0.4) is 0 Å². The molecule has 0 saturated carbocycles. The van der Waals surface area contributed by atoms with Gasteiger partial charge in [0.2, 0.25) is 0 Å². The topological polar surface area (TPSA) is 31.4 Å². The Hall–Kier alpha value is -0.770. The summed E-state index contributed by atoms with van der Waals surface area (Å²) >= 11 is 3.35. The molecule has 0 aromatic carbocycles. The molecule has 0 N–H and O–H groups in total. The van der Waals surface area contributed by atoms with Crippen molar-refractivity contribution in [3.63, 3.8) is 0 Å². The minimum atomic E-state index is 0.512. The fourth-order valence-electron chi connectivity index (χ4n) is 0.835. The third-order valence-corrected chi connectivity index (χ3v) is 2.30. The normalized spacial score (nSPS) is 9.67. The molecule has 1 aromatic rings. The van der Waals surface area contributed by atoms with Crippen LogP contribution in [0.2, 0.25) is 0 Å². The molecule has 0 unspecified atom stereocenters. The van der Waals surface area contributed by atoms with Crippen LogP contribution in [0.4, 0.5) is 0 Å². The largest absolute Gasteiger partial charge is 0.491 e. The van der Waals surface area contributed by atoms with Crippen LogP contribution < -0.4 is 9.47 Å². The maximum atomic E-state index is 5.05. The lowest BCUT2D eigenvalue weighted by Crippen LogP contribution is -1.95. The van der Waals surface area contributed by atoms with E-state index in [9.17, 15) is 0 Å². The number of nitrogens with zero attached hydrogens (tertiary/aromatic N) is 1. The summed E-state index contributed by atoms with van der Waals surface area (Å²) in [7, 11) is 3.15. The number of hydrogen-bond donors (Lipinski definition) is 0. The van der Waals surface area contributed by atoms with Gasteiger partial charge in [-0.1, -0.05) is 0 Å². The number of halogens is 1. The van der Waals surface area contributed by atoms with Crippen LogP contribution in [0.5, 0.6) is 11.6 Å². The number of pyridine rings is 1. The highest BCUT2D eigenvalue weighted by Crippen LogP contribution is 2.29. The maximum absolute atomic E-state index is 5.05. The number of aromatic nitrogens is 1. The molecule has 0 aliphatic rings. The van der Waals surface area contributed by atoms with Crippen LogP contribution in [-0.4, -0.2) is 19.2 Å². The molecular weight excluding hydrogens is 222 g/mol. The lowest BCUT2D eigenvalue weighted by Gasteiger charge is -2.07. The van der Waals surface area contributed by atoms with E-state index in [-0.39, 0.29) is 0 Å². The highest BCUT2D eigenvalue weighted by Gasteiger charge is 2.07. The number of ether oxygens (including phenoxy) is 2. The van der Waals surface area contributed by atoms with Gasteiger partial charge in [-0.05, 0) is 22.9 Å². The molecule has 0 radical (unpaired) electrons. The zero-order valence-corrected chi connectivity index (χ0v) is 8.81. The Bertz CT molecular complexity index is 260. The first-order chi connectivity index (χ1) is 5.69. The molecule has 4 heteroatoms. The van der Waals surface area contributed by atoms with Gasteiger partial charge in [-0.25, -0.2) is 4.98 Å². The molecule has 12 heavy (non-hydrogen) atoms. The Balaban J connectivity index is 3.19. The van der Waals surface area contributed by atoms with Gasteiger partial charge in [0.05, 0.1) is 19.9 Å². The molecule has 0 fully saturated rings. The molecule has 0 atom stereocenters. The molecule has 0 saturated heterocycles. The van der Waals surface area contributed by atoms with Gasteiger partial charge in [-0.3, -0.25) is 0 Å². The highest BCUT2D eigenvalue weighted by atomic mass is 79.9. The van der Waals surface area contributed by atoms with Crippen LogP contribution in [-0.2, 0) is 0 Å². The Morgan fingerprint density at radius 2 is 2.00 bits per heavy atom. The first-order valence-electron chi connectivity index (χ1n) is 3.44. The van der Waals surface area contributed by atoms with Crippen LogP contribution in [0.15, 0.2) is 10.5 Å². The summed E-state index contributed by atoms with van der Waals surface area (Å²) < 4.78 is 11.0. The SMILES string of the molecule is COc1cc(Br)c(C)nc1OC. The van der Waals surface area contributed by atoms with E-state index >= 15 is 0 Å². The average Bonchev–Trinajstić information content (AvgIpc) is 2.09. The van der Waals surface area contributed by atoms with Gasteiger partial charge in [0.25, 0.3) is 5.88 Å². The maximum Gasteiger partial charge on any atom is 0.257 e. The summed E-state index contributed by atoms with van der Waals surface area (Å²) in [5, 5.41) is 0. The average molecular weight is 232 g/mol. The van der Waals surface area contributed by atoms with E-state index in [4.69, 9.17) is 9.47 Å². The number of aryl methyl sites for hydroxylation is 1. The monoisotopic (exact) mass is 231 g/mol. The van der Waals surface area contributed by atoms with Crippen molar-refractivity contribution in [3.8, 4) is 11.6 Å². The first-order valence-corrected chi connectivity index (χ1v) is 4.23. The van der Waals surface area contributed by atoms with Gasteiger partial charge in [0, 0.05) is 10.5 Å². The predicted molar refractivity (Wildman–Crippen MR) is 49.8 cm³/mol. The van der Waals surface area contributed by atoms with Gasteiger partial charge in [-0.2, -0.15) is 0 Å². The standard InChI is InChI=1S/C8H10BrNO2/c1-5-6(9)4-7(11-2)8(10-5)12-3/h4H,1-3H3. The van der Waals surface area contributed by atoms with Gasteiger partial charge < -0.3 is 9.47 Å². The summed E-state index contributed by atoms with van der Waals surface area (Å²) in [6, 6.07) is 1.83. The molecule has 0 amide bonds. The van der Waals surface area contributed by atoms with Gasteiger partial charge in [0.1, 0.15) is 0 Å². The quantitative estimate of drug-likeness (QED) is 0.782. The Kier molecular flexibility index (Phi) is 2.92. The number of methoxy groups -OCH3 is 2. The van der Waals surface area contributed by atoms with Crippen molar-refractivity contribution in [2.24, 2.45) is 0 Å². The van der Waals surface area contributed by atoms with Gasteiger partial charge in [-0.15, -0.1) is 0 Å². The zero-order valence-electron chi connectivity index (χ0n) is 7.22. The highest BCUT2D eigenvalue weighted by molar-refractivity contribution is 9.10. The molecule has 0 aliphatic carbocycles. The van der Waals surface area contributed by atoms with Crippen LogP contribution in [0, 0.1) is 6.92 Å². The summed E-state index contributed by atoms with van der Waals surface area (Å²) in [5.41, 5.74) is 0.882. The zero-order chi connectivity index (χ0) is 9.14. The molecule has 0 bridgehead atoms. The van der Waals surface area contributed by atoms with E-state index in [0.717, 1.165) is 10.2 Å². The molecule has 0 aliphatic heterocycles. The van der Waals surface area contributed by atoms with E-state index in [0.29, 0.717) is 11.6 Å². The lowest BCUT2D eigenvalue weighted by molar-refractivity contribution is 0.342. The second kappa shape index (κ2) is 3.76. The van der Waals surface area contributed by atoms with Crippen molar-refractivity contribution in [2.45, 2.75) is 6.92 Å². The van der Waals surface area contributed by atoms with Crippen molar-refractivity contribution < 1.29 is 9.47 Å². The van der Waals surface area contributed by atoms with Crippen molar-refractivity contribution in [2.75, 3.05) is 14.2 Å². The predicted octanol–water partition coefficient (Wildman–Crippen LogP) is 2.17. The number of rotatable bonds is 2. The molecule has 1 heterocycles. The van der Waals surface area contributed by atoms with E-state index in [1.165, 1.54) is 0 Å². The Morgan fingerprint density at radius 3 is 2.50 bits per heavy atom. The van der Waals surface area contributed by atoms with Crippen LogP contribution >= 0.6 is 15.9 Å². The smallest absolute Gasteiger partial charge is 0.257 e. The third kappa shape index (κ3) is 1.69. The second-order valence-electron chi connectivity index (χ2n) is 2.27. The summed E-state index contributed by atoms with van der Waals surface area (Å²) in [6.07, 6.45) is 0. The van der Waals surface area contributed by atoms with Crippen molar-refractivity contribution >= 4 is 15.9 Å². The van der Waals surface area contributed by atoms with E-state index in [2.05, 4.69) is 20.9 Å². The minimum Gasteiger partial charge on any atom is -0.491 e.